The molecule has 16 heavy (non-hydrogen) atoms. The molecule has 2 aliphatic heterocycles. The second kappa shape index (κ2) is 3.79. The molecule has 3 rings (SSSR count). The van der Waals surface area contributed by atoms with Crippen LogP contribution in [0.1, 0.15) is 22.3 Å². The van der Waals surface area contributed by atoms with Crippen LogP contribution in [0.5, 0.6) is 5.75 Å². The van der Waals surface area contributed by atoms with E-state index in [1.54, 1.807) is 0 Å². The number of hydrogen-bond donors (Lipinski definition) is 2. The van der Waals surface area contributed by atoms with Gasteiger partial charge in [-0.1, -0.05) is 6.07 Å². The lowest BCUT2D eigenvalue weighted by molar-refractivity contribution is 0.0965. The molecule has 2 heterocycles. The highest BCUT2D eigenvalue weighted by Gasteiger charge is 2.21. The maximum absolute atomic E-state index is 11.5. The summed E-state index contributed by atoms with van der Waals surface area (Å²) in [5.41, 5.74) is 1.81. The van der Waals surface area contributed by atoms with E-state index < -0.39 is 0 Å². The third kappa shape index (κ3) is 1.65. The van der Waals surface area contributed by atoms with E-state index >= 15 is 0 Å². The molecule has 84 valence electrons. The minimum absolute atomic E-state index is 0.00463. The molecule has 0 saturated carbocycles. The van der Waals surface area contributed by atoms with Gasteiger partial charge in [0.25, 0.3) is 5.91 Å². The minimum Gasteiger partial charge on any atom is -0.489 e. The van der Waals surface area contributed by atoms with Crippen molar-refractivity contribution in [2.75, 3.05) is 13.1 Å². The van der Waals surface area contributed by atoms with Gasteiger partial charge in [0.05, 0.1) is 0 Å². The van der Waals surface area contributed by atoms with Crippen molar-refractivity contribution >= 4 is 5.91 Å². The first-order valence-corrected chi connectivity index (χ1v) is 5.61. The van der Waals surface area contributed by atoms with Crippen LogP contribution in [-0.4, -0.2) is 25.1 Å². The highest BCUT2D eigenvalue weighted by atomic mass is 16.5. The largest absolute Gasteiger partial charge is 0.489 e. The van der Waals surface area contributed by atoms with E-state index in [9.17, 15) is 4.79 Å². The second-order valence-electron chi connectivity index (χ2n) is 4.23. The molecular weight excluding hydrogens is 204 g/mol. The lowest BCUT2D eigenvalue weighted by Crippen LogP contribution is -2.19. The van der Waals surface area contributed by atoms with Crippen LogP contribution in [0.25, 0.3) is 0 Å². The highest BCUT2D eigenvalue weighted by molar-refractivity contribution is 5.98. The summed E-state index contributed by atoms with van der Waals surface area (Å²) in [5.74, 6) is 0.800. The summed E-state index contributed by atoms with van der Waals surface area (Å²) in [7, 11) is 0. The maximum atomic E-state index is 11.5. The topological polar surface area (TPSA) is 50.4 Å². The average Bonchev–Trinajstić information content (AvgIpc) is 2.90. The van der Waals surface area contributed by atoms with Gasteiger partial charge in [-0.3, -0.25) is 4.79 Å². The predicted octanol–water partition coefficient (Wildman–Crippen LogP) is 0.671. The third-order valence-electron chi connectivity index (χ3n) is 3.08. The number of rotatable bonds is 2. The molecule has 4 heteroatoms. The highest BCUT2D eigenvalue weighted by Crippen LogP contribution is 2.23. The van der Waals surface area contributed by atoms with Gasteiger partial charge in [0, 0.05) is 18.7 Å². The fourth-order valence-electron chi connectivity index (χ4n) is 2.19. The normalized spacial score (nSPS) is 23.0. The molecule has 0 spiro atoms. The third-order valence-corrected chi connectivity index (χ3v) is 3.08. The number of ether oxygens (including phenoxy) is 1. The summed E-state index contributed by atoms with van der Waals surface area (Å²) in [6.45, 7) is 2.54. The molecule has 1 fully saturated rings. The minimum atomic E-state index is 0.00463. The number of benzene rings is 1. The van der Waals surface area contributed by atoms with Gasteiger partial charge < -0.3 is 15.4 Å². The van der Waals surface area contributed by atoms with E-state index in [1.807, 2.05) is 18.2 Å². The Kier molecular flexibility index (Phi) is 2.29. The Balaban J connectivity index is 1.80. The van der Waals surface area contributed by atoms with Gasteiger partial charge in [0.2, 0.25) is 0 Å². The van der Waals surface area contributed by atoms with Gasteiger partial charge in [-0.15, -0.1) is 0 Å². The molecule has 0 aliphatic carbocycles. The summed E-state index contributed by atoms with van der Waals surface area (Å²) >= 11 is 0. The van der Waals surface area contributed by atoms with Crippen LogP contribution in [0, 0.1) is 0 Å². The molecule has 2 aliphatic rings. The second-order valence-corrected chi connectivity index (χ2v) is 4.23. The number of carbonyl (C=O) groups excluding carboxylic acids is 1. The summed E-state index contributed by atoms with van der Waals surface area (Å²) < 4.78 is 5.81. The quantitative estimate of drug-likeness (QED) is 0.767. The maximum Gasteiger partial charge on any atom is 0.252 e. The van der Waals surface area contributed by atoms with Gasteiger partial charge >= 0.3 is 0 Å². The first-order chi connectivity index (χ1) is 7.83. The van der Waals surface area contributed by atoms with Crippen LogP contribution in [0.3, 0.4) is 0 Å². The monoisotopic (exact) mass is 218 g/mol. The van der Waals surface area contributed by atoms with E-state index in [0.717, 1.165) is 36.4 Å². The standard InChI is InChI=1S/C12H14N2O2/c15-12-11-5-9(2-1-8(11)6-14-12)16-10-3-4-13-7-10/h1-2,5,10,13H,3-4,6-7H2,(H,14,15). The fourth-order valence-corrected chi connectivity index (χ4v) is 2.19. The Bertz CT molecular complexity index is 425. The predicted molar refractivity (Wildman–Crippen MR) is 59.5 cm³/mol. The van der Waals surface area contributed by atoms with Gasteiger partial charge in [0.1, 0.15) is 11.9 Å². The van der Waals surface area contributed by atoms with Crippen LogP contribution >= 0.6 is 0 Å². The molecule has 2 N–H and O–H groups in total. The molecule has 0 radical (unpaired) electrons. The fraction of sp³-hybridized carbons (Fsp3) is 0.417. The molecule has 1 atom stereocenters. The van der Waals surface area contributed by atoms with Gasteiger partial charge in [-0.05, 0) is 30.7 Å². The van der Waals surface area contributed by atoms with E-state index in [-0.39, 0.29) is 12.0 Å². The molecule has 0 bridgehead atoms. The number of carbonyl (C=O) groups is 1. The number of hydrogen-bond acceptors (Lipinski definition) is 3. The molecule has 1 amide bonds. The van der Waals surface area contributed by atoms with Crippen molar-refractivity contribution in [1.82, 2.24) is 10.6 Å². The Labute approximate surface area is 94.0 Å². The van der Waals surface area contributed by atoms with Gasteiger partial charge in [-0.25, -0.2) is 0 Å². The zero-order chi connectivity index (χ0) is 11.0. The molecule has 1 aromatic carbocycles. The van der Waals surface area contributed by atoms with Crippen molar-refractivity contribution < 1.29 is 9.53 Å². The van der Waals surface area contributed by atoms with Crippen molar-refractivity contribution in [2.24, 2.45) is 0 Å². The molecule has 1 saturated heterocycles. The average molecular weight is 218 g/mol. The Morgan fingerprint density at radius 2 is 2.31 bits per heavy atom. The number of amides is 1. The summed E-state index contributed by atoms with van der Waals surface area (Å²) in [6, 6.07) is 5.75. The van der Waals surface area contributed by atoms with Crippen molar-refractivity contribution in [1.29, 1.82) is 0 Å². The van der Waals surface area contributed by atoms with Crippen molar-refractivity contribution in [3.05, 3.63) is 29.3 Å². The van der Waals surface area contributed by atoms with Crippen molar-refractivity contribution in [2.45, 2.75) is 19.1 Å². The van der Waals surface area contributed by atoms with Gasteiger partial charge in [-0.2, -0.15) is 0 Å². The lowest BCUT2D eigenvalue weighted by Gasteiger charge is -2.12. The van der Waals surface area contributed by atoms with Crippen LogP contribution in [-0.2, 0) is 6.54 Å². The number of nitrogens with one attached hydrogen (secondary N) is 2. The van der Waals surface area contributed by atoms with E-state index in [2.05, 4.69) is 10.6 Å². The van der Waals surface area contributed by atoms with Gasteiger partial charge in [0.15, 0.2) is 0 Å². The van der Waals surface area contributed by atoms with E-state index in [0.29, 0.717) is 6.54 Å². The SMILES string of the molecule is O=C1NCc2ccc(OC3CCNC3)cc21. The Morgan fingerprint density at radius 3 is 3.12 bits per heavy atom. The molecule has 1 unspecified atom stereocenters. The summed E-state index contributed by atoms with van der Waals surface area (Å²) in [4.78, 5) is 11.5. The van der Waals surface area contributed by atoms with Crippen molar-refractivity contribution in [3.63, 3.8) is 0 Å². The number of fused-ring (bicyclic) bond motifs is 1. The van der Waals surface area contributed by atoms with Crippen molar-refractivity contribution in [3.8, 4) is 5.75 Å². The molecular formula is C12H14N2O2. The van der Waals surface area contributed by atoms with E-state index in [1.165, 1.54) is 0 Å². The van der Waals surface area contributed by atoms with E-state index in [4.69, 9.17) is 4.74 Å². The lowest BCUT2D eigenvalue weighted by atomic mass is 10.1. The smallest absolute Gasteiger partial charge is 0.252 e. The summed E-state index contributed by atoms with van der Waals surface area (Å²) in [6.07, 6.45) is 1.27. The zero-order valence-corrected chi connectivity index (χ0v) is 8.95. The molecule has 4 nitrogen and oxygen atoms in total. The first kappa shape index (κ1) is 9.66. The van der Waals surface area contributed by atoms with Crippen LogP contribution in [0.15, 0.2) is 18.2 Å². The summed E-state index contributed by atoms with van der Waals surface area (Å²) in [5, 5.41) is 6.05. The van der Waals surface area contributed by atoms with Crippen LogP contribution in [0.2, 0.25) is 0 Å². The first-order valence-electron chi connectivity index (χ1n) is 5.61. The molecule has 1 aromatic rings. The Hall–Kier alpha value is -1.55. The van der Waals surface area contributed by atoms with Crippen LogP contribution in [0.4, 0.5) is 0 Å². The zero-order valence-electron chi connectivity index (χ0n) is 8.95. The van der Waals surface area contributed by atoms with Crippen LogP contribution < -0.4 is 15.4 Å². The Morgan fingerprint density at radius 1 is 1.38 bits per heavy atom. The molecule has 0 aromatic heterocycles.